The summed E-state index contributed by atoms with van der Waals surface area (Å²) in [4.78, 5) is 0. The molecule has 0 aliphatic heterocycles. The molecule has 7 aromatic rings. The smallest absolute Gasteiger partial charge is 0.0541 e. The molecule has 0 aliphatic carbocycles. The fraction of sp³-hybridized carbons (Fsp3) is 0. The Morgan fingerprint density at radius 3 is 1.44 bits per heavy atom. The number of para-hydroxylation sites is 2. The van der Waals surface area contributed by atoms with Crippen molar-refractivity contribution in [3.05, 3.63) is 162 Å². The van der Waals surface area contributed by atoms with Gasteiger partial charge in [-0.25, -0.2) is 0 Å². The molecule has 0 unspecified atom stereocenters. The van der Waals surface area contributed by atoms with Gasteiger partial charge in [0.2, 0.25) is 0 Å². The van der Waals surface area contributed by atoms with Crippen molar-refractivity contribution in [1.29, 1.82) is 0 Å². The minimum atomic E-state index is -2.65. The first-order valence-electron chi connectivity index (χ1n) is 13.2. The van der Waals surface area contributed by atoms with Crippen LogP contribution in [-0.4, -0.2) is 12.6 Å². The Hall–Kier alpha value is -4.18. The van der Waals surface area contributed by atoms with E-state index in [4.69, 9.17) is 0 Å². The zero-order valence-corrected chi connectivity index (χ0v) is 23.9. The Balaban J connectivity index is 1.58. The monoisotopic (exact) mass is 579 g/mol. The summed E-state index contributed by atoms with van der Waals surface area (Å²) in [5.41, 5.74) is 3.64. The van der Waals surface area contributed by atoms with Gasteiger partial charge in [-0.1, -0.05) is 149 Å². The van der Waals surface area contributed by atoms with Crippen molar-refractivity contribution in [2.45, 2.75) is 0 Å². The van der Waals surface area contributed by atoms with Gasteiger partial charge in [-0.15, -0.1) is 0 Å². The van der Waals surface area contributed by atoms with Crippen molar-refractivity contribution < 1.29 is 0 Å². The minimum absolute atomic E-state index is 1.10. The summed E-state index contributed by atoms with van der Waals surface area (Å²) < 4.78 is 3.52. The molecule has 6 aromatic carbocycles. The largest absolute Gasteiger partial charge is 0.309 e. The molecule has 1 aromatic heterocycles. The number of aromatic nitrogens is 1. The molecule has 1 nitrogen and oxygen atoms in total. The quantitative estimate of drug-likeness (QED) is 0.154. The molecular formula is C36H26BrNSi-. The molecule has 1 heterocycles. The first-order chi connectivity index (χ1) is 19.3. The van der Waals surface area contributed by atoms with Gasteiger partial charge >= 0.3 is 0 Å². The number of fused-ring (bicyclic) bond motifs is 3. The number of halogens is 1. The average Bonchev–Trinajstić information content (AvgIpc) is 3.34. The van der Waals surface area contributed by atoms with E-state index in [1.165, 1.54) is 48.2 Å². The first-order valence-corrected chi connectivity index (χ1v) is 16.0. The van der Waals surface area contributed by atoms with Gasteiger partial charge in [0.25, 0.3) is 0 Å². The Morgan fingerprint density at radius 1 is 0.410 bits per heavy atom. The van der Waals surface area contributed by atoms with E-state index in [0.717, 1.165) is 4.47 Å². The number of hydrogen-bond donors (Lipinski definition) is 0. The molecule has 0 saturated carbocycles. The van der Waals surface area contributed by atoms with Gasteiger partial charge in [0, 0.05) is 20.9 Å². The van der Waals surface area contributed by atoms with E-state index < -0.39 is 8.07 Å². The van der Waals surface area contributed by atoms with Crippen LogP contribution in [0.4, 0.5) is 0 Å². The summed E-state index contributed by atoms with van der Waals surface area (Å²) in [7, 11) is -2.65. The second-order valence-corrected chi connectivity index (χ2v) is 14.6. The Kier molecular flexibility index (Phi) is 6.03. The highest BCUT2D eigenvalue weighted by Gasteiger charge is 2.28. The lowest BCUT2D eigenvalue weighted by atomic mass is 10.2. The van der Waals surface area contributed by atoms with Crippen LogP contribution in [0.25, 0.3) is 27.5 Å². The van der Waals surface area contributed by atoms with E-state index in [9.17, 15) is 0 Å². The predicted octanol–water partition coefficient (Wildman–Crippen LogP) is 6.92. The van der Waals surface area contributed by atoms with Crippen LogP contribution in [0.15, 0.2) is 162 Å². The predicted molar refractivity (Wildman–Crippen MR) is 172 cm³/mol. The summed E-state index contributed by atoms with van der Waals surface area (Å²) in [6.45, 7) is 0. The second kappa shape index (κ2) is 9.85. The lowest BCUT2D eigenvalue weighted by Gasteiger charge is -2.47. The minimum Gasteiger partial charge on any atom is -0.309 e. The van der Waals surface area contributed by atoms with Crippen molar-refractivity contribution >= 4 is 66.6 Å². The third-order valence-corrected chi connectivity index (χ3v) is 13.0. The highest BCUT2D eigenvalue weighted by molar-refractivity contribution is 9.10. The number of rotatable bonds is 5. The molecule has 3 heteroatoms. The van der Waals surface area contributed by atoms with Gasteiger partial charge in [0.05, 0.1) is 11.0 Å². The van der Waals surface area contributed by atoms with Gasteiger partial charge in [0.1, 0.15) is 0 Å². The fourth-order valence-electron chi connectivity index (χ4n) is 6.18. The molecule has 39 heavy (non-hydrogen) atoms. The molecular weight excluding hydrogens is 554 g/mol. The molecule has 0 bridgehead atoms. The van der Waals surface area contributed by atoms with E-state index in [1.807, 2.05) is 0 Å². The van der Waals surface area contributed by atoms with Crippen molar-refractivity contribution in [2.75, 3.05) is 0 Å². The zero-order valence-electron chi connectivity index (χ0n) is 21.3. The van der Waals surface area contributed by atoms with Crippen LogP contribution in [-0.2, 0) is 0 Å². The molecule has 0 N–H and O–H groups in total. The van der Waals surface area contributed by atoms with E-state index in [0.29, 0.717) is 0 Å². The second-order valence-electron chi connectivity index (χ2n) is 9.91. The van der Waals surface area contributed by atoms with Crippen molar-refractivity contribution in [3.63, 3.8) is 0 Å². The van der Waals surface area contributed by atoms with Crippen LogP contribution in [0.2, 0.25) is 0 Å². The van der Waals surface area contributed by atoms with Gasteiger partial charge in [-0.2, -0.15) is 20.7 Å². The van der Waals surface area contributed by atoms with Crippen molar-refractivity contribution in [2.24, 2.45) is 0 Å². The molecule has 0 fully saturated rings. The molecule has 0 saturated heterocycles. The zero-order chi connectivity index (χ0) is 26.2. The molecule has 187 valence electrons. The molecule has 0 aliphatic rings. The van der Waals surface area contributed by atoms with Crippen molar-refractivity contribution in [3.8, 4) is 5.69 Å². The summed E-state index contributed by atoms with van der Waals surface area (Å²) in [5, 5.41) is 8.01. The standard InChI is InChI=1S/C36H26BrNSi/c37-27-13-11-19-31(25-27)39(29-15-3-1-4-16-29,30-17-5-2-6-18-30)32-20-12-14-28(26-32)38-35-23-9-7-21-33(35)34-22-8-10-24-36(34)38/h1-26H/q-1. The highest BCUT2D eigenvalue weighted by Crippen LogP contribution is 2.31. The summed E-state index contributed by atoms with van der Waals surface area (Å²) >= 11 is 3.79. The maximum absolute atomic E-state index is 3.79. The van der Waals surface area contributed by atoms with E-state index in [1.54, 1.807) is 0 Å². The third kappa shape index (κ3) is 3.89. The van der Waals surface area contributed by atoms with Gasteiger partial charge < -0.3 is 4.57 Å². The SMILES string of the molecule is Brc1cccc([Si-](c2ccccc2)(c2ccccc2)c2cccc(-n3c4ccccc4c4ccccc43)c2)c1. The summed E-state index contributed by atoms with van der Waals surface area (Å²) in [6.07, 6.45) is 0. The molecule has 0 radical (unpaired) electrons. The van der Waals surface area contributed by atoms with Crippen LogP contribution < -0.4 is 20.7 Å². The molecule has 0 atom stereocenters. The third-order valence-electron chi connectivity index (χ3n) is 7.79. The Bertz CT molecular complexity index is 1830. The molecule has 0 spiro atoms. The number of benzene rings is 6. The lowest BCUT2D eigenvalue weighted by Crippen LogP contribution is -2.74. The summed E-state index contributed by atoms with van der Waals surface area (Å²) in [6, 6.07) is 57.8. The lowest BCUT2D eigenvalue weighted by molar-refractivity contribution is 1.18. The Morgan fingerprint density at radius 2 is 0.872 bits per heavy atom. The van der Waals surface area contributed by atoms with Gasteiger partial charge in [0.15, 0.2) is 0 Å². The van der Waals surface area contributed by atoms with Crippen molar-refractivity contribution in [1.82, 2.24) is 4.57 Å². The topological polar surface area (TPSA) is 4.93 Å². The normalized spacial score (nSPS) is 11.7. The maximum atomic E-state index is 3.79. The number of nitrogens with zero attached hydrogens (tertiary/aromatic N) is 1. The maximum Gasteiger partial charge on any atom is 0.0541 e. The summed E-state index contributed by atoms with van der Waals surface area (Å²) in [5.74, 6) is 0. The van der Waals surface area contributed by atoms with Crippen LogP contribution in [0.5, 0.6) is 0 Å². The van der Waals surface area contributed by atoms with Gasteiger partial charge in [-0.05, 0) is 32.3 Å². The average molecular weight is 581 g/mol. The highest BCUT2D eigenvalue weighted by atomic mass is 79.9. The van der Waals surface area contributed by atoms with Crippen LogP contribution in [0.3, 0.4) is 0 Å². The van der Waals surface area contributed by atoms with Gasteiger partial charge in [-0.3, -0.25) is 0 Å². The van der Waals surface area contributed by atoms with E-state index in [-0.39, 0.29) is 0 Å². The number of hydrogen-bond acceptors (Lipinski definition) is 0. The van der Waals surface area contributed by atoms with E-state index in [2.05, 4.69) is 178 Å². The van der Waals surface area contributed by atoms with Crippen LogP contribution in [0, 0.1) is 0 Å². The first kappa shape index (κ1) is 23.9. The van der Waals surface area contributed by atoms with Crippen LogP contribution >= 0.6 is 15.9 Å². The Labute approximate surface area is 238 Å². The van der Waals surface area contributed by atoms with E-state index >= 15 is 0 Å². The molecule has 7 rings (SSSR count). The molecule has 0 amide bonds. The fourth-order valence-corrected chi connectivity index (χ4v) is 11.6. The van der Waals surface area contributed by atoms with Crippen LogP contribution in [0.1, 0.15) is 0 Å².